The van der Waals surface area contributed by atoms with E-state index in [0.717, 1.165) is 40.1 Å². The topological polar surface area (TPSA) is 53.1 Å². The molecule has 1 atom stereocenters. The van der Waals surface area contributed by atoms with E-state index in [1.807, 2.05) is 37.3 Å². The fourth-order valence-electron chi connectivity index (χ4n) is 3.28. The number of halogens is 1. The first-order valence-corrected chi connectivity index (χ1v) is 8.80. The summed E-state index contributed by atoms with van der Waals surface area (Å²) in [5.41, 5.74) is 3.19. The second-order valence-corrected chi connectivity index (χ2v) is 7.09. The molecule has 3 aromatic rings. The number of aryl methyl sites for hydroxylation is 1. The molecule has 0 amide bonds. The summed E-state index contributed by atoms with van der Waals surface area (Å²) in [6, 6.07) is 11.2. The lowest BCUT2D eigenvalue weighted by Crippen LogP contribution is -3.06. The third-order valence-corrected chi connectivity index (χ3v) is 4.95. The zero-order valence-electron chi connectivity index (χ0n) is 14.6. The van der Waals surface area contributed by atoms with Crippen molar-refractivity contribution >= 4 is 22.6 Å². The van der Waals surface area contributed by atoms with E-state index < -0.39 is 0 Å². The minimum atomic E-state index is -0.342. The van der Waals surface area contributed by atoms with Gasteiger partial charge in [-0.05, 0) is 42.8 Å². The molecule has 0 radical (unpaired) electrons. The molecule has 0 aliphatic carbocycles. The summed E-state index contributed by atoms with van der Waals surface area (Å²) < 4.78 is 16.1. The van der Waals surface area contributed by atoms with Crippen LogP contribution in [0.4, 0.5) is 0 Å². The minimum Gasteiger partial charge on any atom is -0.454 e. The van der Waals surface area contributed by atoms with E-state index in [9.17, 15) is 4.79 Å². The maximum atomic E-state index is 11.9. The number of fused-ring (bicyclic) bond motifs is 2. The highest BCUT2D eigenvalue weighted by atomic mass is 35.5. The highest BCUT2D eigenvalue weighted by Gasteiger charge is 2.16. The van der Waals surface area contributed by atoms with Crippen molar-refractivity contribution in [3.63, 3.8) is 0 Å². The van der Waals surface area contributed by atoms with Gasteiger partial charge >= 0.3 is 5.63 Å². The van der Waals surface area contributed by atoms with Crippen LogP contribution in [0.2, 0.25) is 5.02 Å². The van der Waals surface area contributed by atoms with Crippen molar-refractivity contribution < 1.29 is 18.8 Å². The van der Waals surface area contributed by atoms with Gasteiger partial charge in [0.2, 0.25) is 6.79 Å². The average molecular weight is 373 g/mol. The van der Waals surface area contributed by atoms with Gasteiger partial charge in [-0.3, -0.25) is 0 Å². The summed E-state index contributed by atoms with van der Waals surface area (Å²) >= 11 is 6.27. The van der Waals surface area contributed by atoms with Gasteiger partial charge in [-0.1, -0.05) is 11.6 Å². The maximum Gasteiger partial charge on any atom is 0.336 e. The highest BCUT2D eigenvalue weighted by molar-refractivity contribution is 6.32. The van der Waals surface area contributed by atoms with Crippen LogP contribution in [0.15, 0.2) is 45.6 Å². The molecule has 1 unspecified atom stereocenters. The van der Waals surface area contributed by atoms with Crippen molar-refractivity contribution in [2.24, 2.45) is 0 Å². The molecule has 1 N–H and O–H groups in total. The van der Waals surface area contributed by atoms with Gasteiger partial charge in [0.1, 0.15) is 18.7 Å². The Hall–Kier alpha value is -2.50. The molecular weight excluding hydrogens is 354 g/mol. The first-order valence-electron chi connectivity index (χ1n) is 8.42. The number of nitrogens with one attached hydrogen (secondary N) is 1. The molecule has 0 bridgehead atoms. The predicted octanol–water partition coefficient (Wildman–Crippen LogP) is 2.70. The third-order valence-electron chi connectivity index (χ3n) is 4.54. The van der Waals surface area contributed by atoms with Crippen molar-refractivity contribution in [1.82, 2.24) is 0 Å². The first kappa shape index (κ1) is 16.9. The van der Waals surface area contributed by atoms with Crippen LogP contribution < -0.4 is 20.0 Å². The van der Waals surface area contributed by atoms with E-state index in [2.05, 4.69) is 7.05 Å². The van der Waals surface area contributed by atoms with Gasteiger partial charge in [0.05, 0.1) is 7.05 Å². The van der Waals surface area contributed by atoms with Crippen LogP contribution >= 0.6 is 11.6 Å². The molecule has 2 heterocycles. The molecule has 4 rings (SSSR count). The maximum absolute atomic E-state index is 11.9. The molecule has 0 saturated heterocycles. The van der Waals surface area contributed by atoms with Crippen molar-refractivity contribution in [2.75, 3.05) is 13.8 Å². The second kappa shape index (κ2) is 6.67. The van der Waals surface area contributed by atoms with Gasteiger partial charge in [-0.2, -0.15) is 0 Å². The van der Waals surface area contributed by atoms with E-state index in [-0.39, 0.29) is 12.4 Å². The fourth-order valence-corrected chi connectivity index (χ4v) is 3.45. The normalized spacial score (nSPS) is 14.0. The van der Waals surface area contributed by atoms with Gasteiger partial charge in [-0.15, -0.1) is 0 Å². The summed E-state index contributed by atoms with van der Waals surface area (Å²) in [4.78, 5) is 13.2. The molecule has 0 fully saturated rings. The van der Waals surface area contributed by atoms with Crippen LogP contribution in [0.5, 0.6) is 11.5 Å². The quantitative estimate of drug-likeness (QED) is 0.715. The summed E-state index contributed by atoms with van der Waals surface area (Å²) in [6.07, 6.45) is 0. The molecule has 134 valence electrons. The van der Waals surface area contributed by atoms with Crippen LogP contribution in [-0.2, 0) is 13.1 Å². The Morgan fingerprint density at radius 3 is 2.73 bits per heavy atom. The SMILES string of the molecule is Cc1cc2oc(=O)cc(C[NH+](C)Cc3ccc4c(c3)OCO4)c2cc1Cl. The lowest BCUT2D eigenvalue weighted by atomic mass is 10.1. The summed E-state index contributed by atoms with van der Waals surface area (Å²) in [6.45, 7) is 3.63. The van der Waals surface area contributed by atoms with E-state index in [1.54, 1.807) is 6.07 Å². The predicted molar refractivity (Wildman–Crippen MR) is 99.1 cm³/mol. The van der Waals surface area contributed by atoms with Crippen LogP contribution in [-0.4, -0.2) is 13.8 Å². The standard InChI is InChI=1S/C20H18ClNO4/c1-12-5-18-15(8-16(12)21)14(7-20(23)26-18)10-22(2)9-13-3-4-17-19(6-13)25-11-24-17/h3-8H,9-11H2,1-2H3/p+1. The minimum absolute atomic E-state index is 0.271. The zero-order valence-corrected chi connectivity index (χ0v) is 15.4. The zero-order chi connectivity index (χ0) is 18.3. The van der Waals surface area contributed by atoms with Crippen molar-refractivity contribution in [3.05, 3.63) is 68.5 Å². The molecular formula is C20H19ClNO4+. The van der Waals surface area contributed by atoms with Gasteiger partial charge in [-0.25, -0.2) is 4.79 Å². The molecule has 2 aromatic carbocycles. The fraction of sp³-hybridized carbons (Fsp3) is 0.250. The molecule has 0 saturated carbocycles. The summed E-state index contributed by atoms with van der Waals surface area (Å²) in [5.74, 6) is 1.56. The van der Waals surface area contributed by atoms with Gasteiger partial charge in [0.25, 0.3) is 0 Å². The Bertz CT molecular complexity index is 1040. The number of benzene rings is 2. The van der Waals surface area contributed by atoms with Gasteiger partial charge < -0.3 is 18.8 Å². The Morgan fingerprint density at radius 1 is 1.08 bits per heavy atom. The van der Waals surface area contributed by atoms with E-state index >= 15 is 0 Å². The number of ether oxygens (including phenoxy) is 2. The summed E-state index contributed by atoms with van der Waals surface area (Å²) in [5, 5.41) is 1.55. The van der Waals surface area contributed by atoms with Crippen LogP contribution in [0, 0.1) is 6.92 Å². The molecule has 26 heavy (non-hydrogen) atoms. The van der Waals surface area contributed by atoms with Crippen LogP contribution in [0.25, 0.3) is 11.0 Å². The monoisotopic (exact) mass is 372 g/mol. The number of quaternary nitrogens is 1. The average Bonchev–Trinajstić information content (AvgIpc) is 3.04. The second-order valence-electron chi connectivity index (χ2n) is 6.69. The van der Waals surface area contributed by atoms with E-state index in [4.69, 9.17) is 25.5 Å². The summed E-state index contributed by atoms with van der Waals surface area (Å²) in [7, 11) is 2.08. The lowest BCUT2D eigenvalue weighted by molar-refractivity contribution is -0.907. The Morgan fingerprint density at radius 2 is 1.88 bits per heavy atom. The van der Waals surface area contributed by atoms with Crippen LogP contribution in [0.1, 0.15) is 16.7 Å². The Kier molecular flexibility index (Phi) is 4.34. The molecule has 1 aromatic heterocycles. The van der Waals surface area contributed by atoms with Crippen molar-refractivity contribution in [2.45, 2.75) is 20.0 Å². The van der Waals surface area contributed by atoms with Crippen molar-refractivity contribution in [3.8, 4) is 11.5 Å². The molecule has 0 spiro atoms. The van der Waals surface area contributed by atoms with E-state index in [1.165, 1.54) is 4.90 Å². The van der Waals surface area contributed by atoms with Gasteiger partial charge in [0, 0.05) is 27.6 Å². The lowest BCUT2D eigenvalue weighted by Gasteiger charge is -2.15. The largest absolute Gasteiger partial charge is 0.454 e. The molecule has 1 aliphatic rings. The Labute approximate surface area is 155 Å². The van der Waals surface area contributed by atoms with Crippen LogP contribution in [0.3, 0.4) is 0 Å². The molecule has 1 aliphatic heterocycles. The molecule has 5 nitrogen and oxygen atoms in total. The van der Waals surface area contributed by atoms with Crippen molar-refractivity contribution in [1.29, 1.82) is 0 Å². The third kappa shape index (κ3) is 3.28. The number of rotatable bonds is 4. The first-order chi connectivity index (χ1) is 12.5. The highest BCUT2D eigenvalue weighted by Crippen LogP contribution is 2.32. The van der Waals surface area contributed by atoms with E-state index in [0.29, 0.717) is 17.2 Å². The smallest absolute Gasteiger partial charge is 0.336 e. The molecule has 6 heteroatoms. The van der Waals surface area contributed by atoms with Gasteiger partial charge in [0.15, 0.2) is 11.5 Å². The Balaban J connectivity index is 1.60. The number of hydrogen-bond donors (Lipinski definition) is 1. The number of hydrogen-bond acceptors (Lipinski definition) is 4.